The Morgan fingerprint density at radius 1 is 1.21 bits per heavy atom. The Balaban J connectivity index is 2.22. The summed E-state index contributed by atoms with van der Waals surface area (Å²) in [5.41, 5.74) is 3.29. The van der Waals surface area contributed by atoms with E-state index in [1.165, 1.54) is 11.1 Å². The van der Waals surface area contributed by atoms with Gasteiger partial charge in [0.25, 0.3) is 5.56 Å². The molecule has 3 heteroatoms. The number of nitrogens with one attached hydrogen (secondary N) is 2. The molecule has 0 radical (unpaired) electrons. The van der Waals surface area contributed by atoms with E-state index < -0.39 is 0 Å². The molecule has 1 aromatic carbocycles. The highest BCUT2D eigenvalue weighted by atomic mass is 16.1. The summed E-state index contributed by atoms with van der Waals surface area (Å²) in [5, 5.41) is 5.36. The van der Waals surface area contributed by atoms with Gasteiger partial charge in [0, 0.05) is 18.2 Å². The molecule has 0 aliphatic heterocycles. The number of hydrogen-bond donors (Lipinski definition) is 2. The van der Waals surface area contributed by atoms with E-state index in [4.69, 9.17) is 0 Å². The SMILES string of the molecule is Cc1cccc(Cc2cc(=O)[nH][nH]2)c1. The van der Waals surface area contributed by atoms with Crippen molar-refractivity contribution in [2.45, 2.75) is 13.3 Å². The van der Waals surface area contributed by atoms with Gasteiger partial charge in [-0.15, -0.1) is 0 Å². The molecule has 0 amide bonds. The van der Waals surface area contributed by atoms with Crippen LogP contribution in [0.1, 0.15) is 16.8 Å². The van der Waals surface area contributed by atoms with Crippen LogP contribution >= 0.6 is 0 Å². The maximum Gasteiger partial charge on any atom is 0.264 e. The van der Waals surface area contributed by atoms with Gasteiger partial charge in [0.2, 0.25) is 0 Å². The summed E-state index contributed by atoms with van der Waals surface area (Å²) in [6.45, 7) is 2.06. The van der Waals surface area contributed by atoms with Gasteiger partial charge < -0.3 is 5.10 Å². The summed E-state index contributed by atoms with van der Waals surface area (Å²) in [6.07, 6.45) is 0.764. The fraction of sp³-hybridized carbons (Fsp3) is 0.182. The third-order valence-electron chi connectivity index (χ3n) is 2.13. The van der Waals surface area contributed by atoms with Crippen molar-refractivity contribution in [2.24, 2.45) is 0 Å². The number of hydrogen-bond acceptors (Lipinski definition) is 1. The molecule has 0 spiro atoms. The van der Waals surface area contributed by atoms with Crippen molar-refractivity contribution >= 4 is 0 Å². The molecular formula is C11H12N2O. The van der Waals surface area contributed by atoms with Crippen molar-refractivity contribution < 1.29 is 0 Å². The monoisotopic (exact) mass is 188 g/mol. The Bertz CT molecular complexity index is 482. The van der Waals surface area contributed by atoms with Crippen molar-refractivity contribution in [3.8, 4) is 0 Å². The maximum absolute atomic E-state index is 10.9. The van der Waals surface area contributed by atoms with Gasteiger partial charge in [0.05, 0.1) is 0 Å². The number of benzene rings is 1. The van der Waals surface area contributed by atoms with Gasteiger partial charge in [0.15, 0.2) is 0 Å². The van der Waals surface area contributed by atoms with Crippen LogP contribution in [0.25, 0.3) is 0 Å². The van der Waals surface area contributed by atoms with Gasteiger partial charge in [0.1, 0.15) is 0 Å². The smallest absolute Gasteiger partial charge is 0.264 e. The van der Waals surface area contributed by atoms with Crippen LogP contribution in [-0.2, 0) is 6.42 Å². The summed E-state index contributed by atoms with van der Waals surface area (Å²) < 4.78 is 0. The Morgan fingerprint density at radius 3 is 2.71 bits per heavy atom. The third kappa shape index (κ3) is 1.93. The van der Waals surface area contributed by atoms with E-state index in [0.717, 1.165) is 12.1 Å². The lowest BCUT2D eigenvalue weighted by Gasteiger charge is -1.99. The van der Waals surface area contributed by atoms with Gasteiger partial charge >= 0.3 is 0 Å². The van der Waals surface area contributed by atoms with Crippen LogP contribution < -0.4 is 5.56 Å². The molecule has 2 aromatic rings. The second-order valence-electron chi connectivity index (χ2n) is 3.45. The van der Waals surface area contributed by atoms with Crippen molar-refractivity contribution in [1.82, 2.24) is 10.2 Å². The highest BCUT2D eigenvalue weighted by Gasteiger charge is 1.98. The summed E-state index contributed by atoms with van der Waals surface area (Å²) in [4.78, 5) is 10.9. The van der Waals surface area contributed by atoms with E-state index in [0.29, 0.717) is 0 Å². The number of aromatic amines is 2. The first-order valence-electron chi connectivity index (χ1n) is 4.56. The molecule has 1 aromatic heterocycles. The summed E-state index contributed by atoms with van der Waals surface area (Å²) in [5.74, 6) is 0. The van der Waals surface area contributed by atoms with Crippen LogP contribution in [0.5, 0.6) is 0 Å². The van der Waals surface area contributed by atoms with Crippen molar-refractivity contribution in [2.75, 3.05) is 0 Å². The summed E-state index contributed by atoms with van der Waals surface area (Å²) in [7, 11) is 0. The fourth-order valence-electron chi connectivity index (χ4n) is 1.51. The van der Waals surface area contributed by atoms with Crippen molar-refractivity contribution in [1.29, 1.82) is 0 Å². The quantitative estimate of drug-likeness (QED) is 0.739. The molecule has 2 rings (SSSR count). The highest BCUT2D eigenvalue weighted by Crippen LogP contribution is 2.07. The number of aromatic nitrogens is 2. The first kappa shape index (κ1) is 8.81. The van der Waals surface area contributed by atoms with Crippen molar-refractivity contribution in [3.63, 3.8) is 0 Å². The fourth-order valence-corrected chi connectivity index (χ4v) is 1.51. The zero-order valence-corrected chi connectivity index (χ0v) is 8.00. The molecule has 0 unspecified atom stereocenters. The van der Waals surface area contributed by atoms with E-state index in [9.17, 15) is 4.79 Å². The lowest BCUT2D eigenvalue weighted by atomic mass is 10.1. The van der Waals surface area contributed by atoms with Gasteiger partial charge in [-0.2, -0.15) is 0 Å². The zero-order valence-electron chi connectivity index (χ0n) is 8.00. The van der Waals surface area contributed by atoms with Gasteiger partial charge in [-0.25, -0.2) is 0 Å². The molecule has 0 saturated heterocycles. The topological polar surface area (TPSA) is 48.6 Å². The minimum atomic E-state index is -0.0762. The molecular weight excluding hydrogens is 176 g/mol. The summed E-state index contributed by atoms with van der Waals surface area (Å²) >= 11 is 0. The van der Waals surface area contributed by atoms with E-state index >= 15 is 0 Å². The molecule has 0 bridgehead atoms. The van der Waals surface area contributed by atoms with Gasteiger partial charge in [-0.3, -0.25) is 9.89 Å². The van der Waals surface area contributed by atoms with Crippen LogP contribution in [0.4, 0.5) is 0 Å². The zero-order chi connectivity index (χ0) is 9.97. The second-order valence-corrected chi connectivity index (χ2v) is 3.45. The standard InChI is InChI=1S/C11H12N2O/c1-8-3-2-4-9(5-8)6-10-7-11(14)13-12-10/h2-5,7H,6H2,1H3,(H2,12,13,14). The first-order valence-corrected chi connectivity index (χ1v) is 4.56. The molecule has 2 N–H and O–H groups in total. The largest absolute Gasteiger partial charge is 0.302 e. The average Bonchev–Trinajstić information content (AvgIpc) is 2.51. The van der Waals surface area contributed by atoms with Crippen LogP contribution in [0.2, 0.25) is 0 Å². The van der Waals surface area contributed by atoms with E-state index in [-0.39, 0.29) is 5.56 Å². The number of H-pyrrole nitrogens is 2. The number of aryl methyl sites for hydroxylation is 1. The van der Waals surface area contributed by atoms with Crippen LogP contribution in [0, 0.1) is 6.92 Å². The molecule has 0 fully saturated rings. The van der Waals surface area contributed by atoms with Crippen LogP contribution in [-0.4, -0.2) is 10.2 Å². The lowest BCUT2D eigenvalue weighted by molar-refractivity contribution is 0.982. The molecule has 1 heterocycles. The first-order chi connectivity index (χ1) is 6.74. The second kappa shape index (κ2) is 3.54. The molecule has 0 aliphatic rings. The summed E-state index contributed by atoms with van der Waals surface area (Å²) in [6, 6.07) is 9.84. The molecule has 0 atom stereocenters. The van der Waals surface area contributed by atoms with E-state index in [1.54, 1.807) is 6.07 Å². The predicted molar refractivity (Wildman–Crippen MR) is 55.4 cm³/mol. The highest BCUT2D eigenvalue weighted by molar-refractivity contribution is 5.25. The molecule has 0 aliphatic carbocycles. The predicted octanol–water partition coefficient (Wildman–Crippen LogP) is 1.60. The van der Waals surface area contributed by atoms with Crippen LogP contribution in [0.3, 0.4) is 0 Å². The van der Waals surface area contributed by atoms with Crippen molar-refractivity contribution in [3.05, 3.63) is 57.5 Å². The minimum absolute atomic E-state index is 0.0762. The van der Waals surface area contributed by atoms with Gasteiger partial charge in [-0.1, -0.05) is 29.8 Å². The van der Waals surface area contributed by atoms with E-state index in [1.807, 2.05) is 6.07 Å². The molecule has 14 heavy (non-hydrogen) atoms. The Kier molecular flexibility index (Phi) is 2.23. The average molecular weight is 188 g/mol. The molecule has 3 nitrogen and oxygen atoms in total. The normalized spacial score (nSPS) is 10.4. The molecule has 72 valence electrons. The third-order valence-corrected chi connectivity index (χ3v) is 2.13. The van der Waals surface area contributed by atoms with Crippen LogP contribution in [0.15, 0.2) is 35.1 Å². The molecule has 0 saturated carbocycles. The van der Waals surface area contributed by atoms with E-state index in [2.05, 4.69) is 35.3 Å². The Hall–Kier alpha value is -1.77. The minimum Gasteiger partial charge on any atom is -0.302 e. The Labute approximate surface area is 81.8 Å². The lowest BCUT2D eigenvalue weighted by Crippen LogP contribution is -1.93. The Morgan fingerprint density at radius 2 is 2.07 bits per heavy atom. The maximum atomic E-state index is 10.9. The van der Waals surface area contributed by atoms with Gasteiger partial charge in [-0.05, 0) is 12.5 Å². The number of rotatable bonds is 2.